The Morgan fingerprint density at radius 2 is 2.12 bits per heavy atom. The molecule has 17 heavy (non-hydrogen) atoms. The van der Waals surface area contributed by atoms with Gasteiger partial charge < -0.3 is 11.1 Å². The number of anilines is 2. The lowest BCUT2D eigenvalue weighted by atomic mass is 10.4. The van der Waals surface area contributed by atoms with Gasteiger partial charge in [-0.25, -0.2) is 4.79 Å². The van der Waals surface area contributed by atoms with Crippen molar-refractivity contribution >= 4 is 22.3 Å². The van der Waals surface area contributed by atoms with E-state index in [2.05, 4.69) is 10.3 Å². The molecule has 1 unspecified atom stereocenters. The molecule has 0 radical (unpaired) electrons. The van der Waals surface area contributed by atoms with Crippen LogP contribution in [0.4, 0.5) is 11.5 Å². The van der Waals surface area contributed by atoms with E-state index in [0.29, 0.717) is 18.8 Å². The molecule has 1 aromatic rings. The van der Waals surface area contributed by atoms with Gasteiger partial charge in [-0.05, 0) is 6.92 Å². The second-order valence-electron chi connectivity index (χ2n) is 3.47. The van der Waals surface area contributed by atoms with Crippen LogP contribution in [0.1, 0.15) is 6.92 Å². The molecule has 0 aliphatic heterocycles. The average Bonchev–Trinajstić information content (AvgIpc) is 2.22. The molecule has 1 heterocycles. The highest BCUT2D eigenvalue weighted by atomic mass is 32.2. The molecule has 0 aromatic carbocycles. The Balaban J connectivity index is 3.03. The number of H-pyrrole nitrogens is 1. The summed E-state index contributed by atoms with van der Waals surface area (Å²) in [5.74, 6) is 0.507. The minimum atomic E-state index is -0.948. The molecule has 0 aliphatic rings. The van der Waals surface area contributed by atoms with Gasteiger partial charge in [0.05, 0.1) is 0 Å². The fourth-order valence-corrected chi connectivity index (χ4v) is 1.78. The van der Waals surface area contributed by atoms with Crippen molar-refractivity contribution in [3.05, 3.63) is 20.8 Å². The number of rotatable bonds is 5. The number of hydrogen-bond acceptors (Lipinski definition) is 5. The van der Waals surface area contributed by atoms with Gasteiger partial charge in [0, 0.05) is 35.9 Å². The highest BCUT2D eigenvalue weighted by Crippen LogP contribution is 2.08. The molecule has 0 saturated carbocycles. The number of nitrogens with zero attached hydrogens (tertiary/aromatic N) is 1. The molecular formula is C9H16N4O3S. The standard InChI is InChI=1S/C9H16N4O3S/c1-3-13-7(10)6(8(14)12-9(13)15)11-4-5-17(2)16/h11H,3-5,10H2,1-2H3,(H,12,14,15). The zero-order chi connectivity index (χ0) is 13.0. The molecule has 0 amide bonds. The number of nitrogens with two attached hydrogens (primary N) is 1. The zero-order valence-electron chi connectivity index (χ0n) is 9.78. The minimum absolute atomic E-state index is 0.100. The Kier molecular flexibility index (Phi) is 4.50. The third-order valence-electron chi connectivity index (χ3n) is 2.25. The van der Waals surface area contributed by atoms with E-state index in [1.807, 2.05) is 0 Å². The van der Waals surface area contributed by atoms with Gasteiger partial charge in [0.2, 0.25) is 0 Å². The van der Waals surface area contributed by atoms with Gasteiger partial charge in [-0.2, -0.15) is 0 Å². The first-order chi connectivity index (χ1) is 7.97. The highest BCUT2D eigenvalue weighted by molar-refractivity contribution is 7.84. The summed E-state index contributed by atoms with van der Waals surface area (Å²) < 4.78 is 12.1. The van der Waals surface area contributed by atoms with Crippen LogP contribution in [0.5, 0.6) is 0 Å². The van der Waals surface area contributed by atoms with Gasteiger partial charge in [0.15, 0.2) is 0 Å². The summed E-state index contributed by atoms with van der Waals surface area (Å²) in [5, 5.41) is 2.79. The summed E-state index contributed by atoms with van der Waals surface area (Å²) in [5.41, 5.74) is 4.78. The van der Waals surface area contributed by atoms with E-state index in [-0.39, 0.29) is 11.5 Å². The fourth-order valence-electron chi connectivity index (χ4n) is 1.39. The first kappa shape index (κ1) is 13.5. The Morgan fingerprint density at radius 3 is 2.65 bits per heavy atom. The summed E-state index contributed by atoms with van der Waals surface area (Å²) in [7, 11) is -0.948. The van der Waals surface area contributed by atoms with Gasteiger partial charge in [-0.1, -0.05) is 0 Å². The van der Waals surface area contributed by atoms with E-state index in [0.717, 1.165) is 0 Å². The molecule has 0 fully saturated rings. The van der Waals surface area contributed by atoms with E-state index < -0.39 is 22.0 Å². The largest absolute Gasteiger partial charge is 0.383 e. The molecule has 1 atom stereocenters. The lowest BCUT2D eigenvalue weighted by Gasteiger charge is -2.11. The molecule has 8 heteroatoms. The first-order valence-corrected chi connectivity index (χ1v) is 6.86. The van der Waals surface area contributed by atoms with Crippen molar-refractivity contribution < 1.29 is 4.21 Å². The normalized spacial score (nSPS) is 12.4. The number of nitrogen functional groups attached to an aromatic ring is 1. The molecule has 0 saturated heterocycles. The minimum Gasteiger partial charge on any atom is -0.383 e. The van der Waals surface area contributed by atoms with Crippen LogP contribution >= 0.6 is 0 Å². The topological polar surface area (TPSA) is 110 Å². The average molecular weight is 260 g/mol. The van der Waals surface area contributed by atoms with E-state index >= 15 is 0 Å². The molecule has 1 rings (SSSR count). The molecule has 4 N–H and O–H groups in total. The van der Waals surface area contributed by atoms with Crippen LogP contribution < -0.4 is 22.3 Å². The maximum atomic E-state index is 11.5. The van der Waals surface area contributed by atoms with Crippen molar-refractivity contribution in [2.45, 2.75) is 13.5 Å². The predicted molar refractivity (Wildman–Crippen MR) is 68.8 cm³/mol. The van der Waals surface area contributed by atoms with Crippen LogP contribution in [-0.4, -0.2) is 32.3 Å². The molecule has 0 aliphatic carbocycles. The summed E-state index contributed by atoms with van der Waals surface area (Å²) in [6, 6.07) is 0. The maximum absolute atomic E-state index is 11.5. The van der Waals surface area contributed by atoms with Crippen LogP contribution in [0.2, 0.25) is 0 Å². The van der Waals surface area contributed by atoms with Crippen molar-refractivity contribution in [1.29, 1.82) is 0 Å². The highest BCUT2D eigenvalue weighted by Gasteiger charge is 2.10. The maximum Gasteiger partial charge on any atom is 0.330 e. The van der Waals surface area contributed by atoms with Crippen LogP contribution in [0, 0.1) is 0 Å². The quantitative estimate of drug-likeness (QED) is 0.624. The number of aromatic amines is 1. The third kappa shape index (κ3) is 3.19. The first-order valence-electron chi connectivity index (χ1n) is 5.13. The SMILES string of the molecule is CCn1c(N)c(NCCS(C)=O)c(=O)[nH]c1=O. The summed E-state index contributed by atoms with van der Waals surface area (Å²) in [6.07, 6.45) is 1.57. The van der Waals surface area contributed by atoms with E-state index in [1.165, 1.54) is 4.57 Å². The molecule has 1 aromatic heterocycles. The number of aromatic nitrogens is 2. The van der Waals surface area contributed by atoms with Crippen molar-refractivity contribution in [3.8, 4) is 0 Å². The van der Waals surface area contributed by atoms with Gasteiger partial charge in [-0.3, -0.25) is 18.6 Å². The Hall–Kier alpha value is -1.57. The Labute approximate surface area is 100 Å². The lowest BCUT2D eigenvalue weighted by molar-refractivity contribution is 0.686. The van der Waals surface area contributed by atoms with Crippen LogP contribution in [0.25, 0.3) is 0 Å². The zero-order valence-corrected chi connectivity index (χ0v) is 10.6. The predicted octanol–water partition coefficient (Wildman–Crippen LogP) is -1.07. The molecule has 7 nitrogen and oxygen atoms in total. The van der Waals surface area contributed by atoms with Crippen LogP contribution in [0.15, 0.2) is 9.59 Å². The number of nitrogens with one attached hydrogen (secondary N) is 2. The van der Waals surface area contributed by atoms with E-state index in [4.69, 9.17) is 5.73 Å². The molecular weight excluding hydrogens is 244 g/mol. The van der Waals surface area contributed by atoms with Crippen LogP contribution in [0.3, 0.4) is 0 Å². The smallest absolute Gasteiger partial charge is 0.330 e. The van der Waals surface area contributed by atoms with E-state index in [1.54, 1.807) is 13.2 Å². The van der Waals surface area contributed by atoms with Crippen molar-refractivity contribution in [2.24, 2.45) is 0 Å². The van der Waals surface area contributed by atoms with Gasteiger partial charge in [0.1, 0.15) is 11.5 Å². The van der Waals surface area contributed by atoms with Crippen molar-refractivity contribution in [1.82, 2.24) is 9.55 Å². The Morgan fingerprint density at radius 1 is 1.47 bits per heavy atom. The monoisotopic (exact) mass is 260 g/mol. The lowest BCUT2D eigenvalue weighted by Crippen LogP contribution is -2.34. The van der Waals surface area contributed by atoms with E-state index in [9.17, 15) is 13.8 Å². The van der Waals surface area contributed by atoms with Gasteiger partial charge in [-0.15, -0.1) is 0 Å². The van der Waals surface area contributed by atoms with Crippen molar-refractivity contribution in [2.75, 3.05) is 29.6 Å². The second-order valence-corrected chi connectivity index (χ2v) is 5.02. The van der Waals surface area contributed by atoms with Gasteiger partial charge >= 0.3 is 5.69 Å². The number of hydrogen-bond donors (Lipinski definition) is 3. The Bertz CT molecular complexity index is 534. The van der Waals surface area contributed by atoms with Gasteiger partial charge in [0.25, 0.3) is 5.56 Å². The summed E-state index contributed by atoms with van der Waals surface area (Å²) in [6.45, 7) is 2.48. The molecule has 96 valence electrons. The third-order valence-corrected chi connectivity index (χ3v) is 3.03. The second kappa shape index (κ2) is 5.67. The molecule has 0 bridgehead atoms. The summed E-state index contributed by atoms with van der Waals surface area (Å²) in [4.78, 5) is 25.1. The molecule has 0 spiro atoms. The van der Waals surface area contributed by atoms with Crippen molar-refractivity contribution in [3.63, 3.8) is 0 Å². The fraction of sp³-hybridized carbons (Fsp3) is 0.556. The summed E-state index contributed by atoms with van der Waals surface area (Å²) >= 11 is 0. The van der Waals surface area contributed by atoms with Crippen LogP contribution in [-0.2, 0) is 17.3 Å².